The van der Waals surface area contributed by atoms with E-state index >= 15 is 0 Å². The molecule has 1 saturated carbocycles. The molecule has 106 valence electrons. The average molecular weight is 310 g/mol. The molecule has 1 aliphatic rings. The molecule has 2 heterocycles. The van der Waals surface area contributed by atoms with E-state index in [4.69, 9.17) is 4.42 Å². The second-order valence-electron chi connectivity index (χ2n) is 4.44. The molecule has 0 aromatic carbocycles. The second kappa shape index (κ2) is 6.27. The summed E-state index contributed by atoms with van der Waals surface area (Å²) in [4.78, 5) is 11.7. The van der Waals surface area contributed by atoms with Crippen molar-refractivity contribution in [2.45, 2.75) is 29.8 Å². The molecule has 2 aromatic heterocycles. The number of anilines is 1. The van der Waals surface area contributed by atoms with Crippen LogP contribution in [-0.2, 0) is 11.3 Å². The molecular formula is C12H14N4O2S2. The summed E-state index contributed by atoms with van der Waals surface area (Å²) in [5.41, 5.74) is 0. The molecule has 6 nitrogen and oxygen atoms in total. The summed E-state index contributed by atoms with van der Waals surface area (Å²) in [6, 6.07) is 4.19. The van der Waals surface area contributed by atoms with E-state index < -0.39 is 0 Å². The van der Waals surface area contributed by atoms with Crippen LogP contribution < -0.4 is 10.6 Å². The van der Waals surface area contributed by atoms with Crippen molar-refractivity contribution < 1.29 is 9.21 Å². The van der Waals surface area contributed by atoms with Crippen molar-refractivity contribution in [2.75, 3.05) is 11.1 Å². The molecule has 0 aliphatic heterocycles. The topological polar surface area (TPSA) is 80.0 Å². The van der Waals surface area contributed by atoms with Crippen molar-refractivity contribution in [3.63, 3.8) is 0 Å². The zero-order valence-corrected chi connectivity index (χ0v) is 12.3. The van der Waals surface area contributed by atoms with Crippen molar-refractivity contribution in [3.8, 4) is 0 Å². The number of amides is 1. The third kappa shape index (κ3) is 3.97. The third-order valence-corrected chi connectivity index (χ3v) is 4.67. The Morgan fingerprint density at radius 3 is 3.15 bits per heavy atom. The summed E-state index contributed by atoms with van der Waals surface area (Å²) in [7, 11) is 0. The van der Waals surface area contributed by atoms with Crippen LogP contribution in [-0.4, -0.2) is 27.9 Å². The highest BCUT2D eigenvalue weighted by atomic mass is 32.2. The van der Waals surface area contributed by atoms with Crippen LogP contribution >= 0.6 is 23.1 Å². The van der Waals surface area contributed by atoms with Crippen LogP contribution in [0.15, 0.2) is 27.2 Å². The number of carbonyl (C=O) groups excluding carboxylic acids is 1. The molecule has 1 amide bonds. The van der Waals surface area contributed by atoms with Gasteiger partial charge in [0.2, 0.25) is 11.0 Å². The molecule has 0 unspecified atom stereocenters. The van der Waals surface area contributed by atoms with E-state index in [-0.39, 0.29) is 5.91 Å². The number of nitrogens with zero attached hydrogens (tertiary/aromatic N) is 2. The smallest absolute Gasteiger partial charge is 0.230 e. The Balaban J connectivity index is 1.39. The first kappa shape index (κ1) is 13.4. The van der Waals surface area contributed by atoms with Crippen LogP contribution in [0, 0.1) is 0 Å². The first-order valence-corrected chi connectivity index (χ1v) is 8.12. The molecule has 0 bridgehead atoms. The molecule has 0 radical (unpaired) electrons. The Morgan fingerprint density at radius 2 is 2.40 bits per heavy atom. The SMILES string of the molecule is O=C(CSc1nnc(NC2CC2)s1)NCc1ccco1. The van der Waals surface area contributed by atoms with Crippen LogP contribution in [0.3, 0.4) is 0 Å². The molecular weight excluding hydrogens is 296 g/mol. The molecule has 0 spiro atoms. The Labute approximate surface area is 124 Å². The lowest BCUT2D eigenvalue weighted by atomic mass is 10.4. The van der Waals surface area contributed by atoms with Gasteiger partial charge in [0.25, 0.3) is 0 Å². The molecule has 0 atom stereocenters. The van der Waals surface area contributed by atoms with E-state index in [1.54, 1.807) is 12.3 Å². The van der Waals surface area contributed by atoms with Crippen molar-refractivity contribution in [1.82, 2.24) is 15.5 Å². The maximum Gasteiger partial charge on any atom is 0.230 e. The number of rotatable bonds is 7. The summed E-state index contributed by atoms with van der Waals surface area (Å²) in [6.07, 6.45) is 4.00. The van der Waals surface area contributed by atoms with Gasteiger partial charge in [-0.25, -0.2) is 0 Å². The fourth-order valence-electron chi connectivity index (χ4n) is 1.51. The van der Waals surface area contributed by atoms with E-state index in [0.29, 0.717) is 18.3 Å². The normalized spacial score (nSPS) is 14.2. The second-order valence-corrected chi connectivity index (χ2v) is 6.64. The highest BCUT2D eigenvalue weighted by Crippen LogP contribution is 2.29. The third-order valence-electron chi connectivity index (χ3n) is 2.68. The number of nitrogens with one attached hydrogen (secondary N) is 2. The molecule has 0 saturated heterocycles. The summed E-state index contributed by atoms with van der Waals surface area (Å²) in [6.45, 7) is 0.414. The van der Waals surface area contributed by atoms with Gasteiger partial charge in [0, 0.05) is 6.04 Å². The van der Waals surface area contributed by atoms with Crippen molar-refractivity contribution >= 4 is 34.1 Å². The van der Waals surface area contributed by atoms with Crippen LogP contribution in [0.5, 0.6) is 0 Å². The molecule has 1 fully saturated rings. The largest absolute Gasteiger partial charge is 0.467 e. The summed E-state index contributed by atoms with van der Waals surface area (Å²) in [5, 5.41) is 15.0. The number of thioether (sulfide) groups is 1. The van der Waals surface area contributed by atoms with E-state index in [1.165, 1.54) is 35.9 Å². The minimum atomic E-state index is -0.0432. The Bertz CT molecular complexity index is 566. The monoisotopic (exact) mass is 310 g/mol. The fourth-order valence-corrected chi connectivity index (χ4v) is 3.16. The lowest BCUT2D eigenvalue weighted by Gasteiger charge is -2.01. The van der Waals surface area contributed by atoms with Gasteiger partial charge in [-0.05, 0) is 25.0 Å². The van der Waals surface area contributed by atoms with Crippen LogP contribution in [0.1, 0.15) is 18.6 Å². The summed E-state index contributed by atoms with van der Waals surface area (Å²) < 4.78 is 5.95. The minimum Gasteiger partial charge on any atom is -0.467 e. The van der Waals surface area contributed by atoms with Crippen molar-refractivity contribution in [1.29, 1.82) is 0 Å². The zero-order valence-electron chi connectivity index (χ0n) is 10.7. The van der Waals surface area contributed by atoms with E-state index in [9.17, 15) is 4.79 Å². The van der Waals surface area contributed by atoms with Crippen LogP contribution in [0.25, 0.3) is 0 Å². The van der Waals surface area contributed by atoms with Gasteiger partial charge in [-0.2, -0.15) is 0 Å². The number of hydrogen-bond acceptors (Lipinski definition) is 7. The first-order valence-electron chi connectivity index (χ1n) is 6.31. The zero-order chi connectivity index (χ0) is 13.8. The number of carbonyl (C=O) groups is 1. The van der Waals surface area contributed by atoms with Gasteiger partial charge in [-0.3, -0.25) is 4.79 Å². The molecule has 2 aromatic rings. The quantitative estimate of drug-likeness (QED) is 0.763. The standard InChI is InChI=1S/C12H14N4O2S2/c17-10(13-6-9-2-1-5-18-9)7-19-12-16-15-11(20-12)14-8-3-4-8/h1-2,5,8H,3-4,6-7H2,(H,13,17)(H,14,15). The summed E-state index contributed by atoms with van der Waals surface area (Å²) >= 11 is 2.89. The Kier molecular flexibility index (Phi) is 4.22. The lowest BCUT2D eigenvalue weighted by molar-refractivity contribution is -0.118. The van der Waals surface area contributed by atoms with Gasteiger partial charge in [0.05, 0.1) is 18.6 Å². The maximum absolute atomic E-state index is 11.7. The lowest BCUT2D eigenvalue weighted by Crippen LogP contribution is -2.24. The van der Waals surface area contributed by atoms with E-state index in [2.05, 4.69) is 20.8 Å². The van der Waals surface area contributed by atoms with Crippen molar-refractivity contribution in [2.24, 2.45) is 0 Å². The predicted octanol–water partition coefficient (Wildman–Crippen LogP) is 2.11. The van der Waals surface area contributed by atoms with Gasteiger partial charge >= 0.3 is 0 Å². The maximum atomic E-state index is 11.7. The molecule has 8 heteroatoms. The van der Waals surface area contributed by atoms with Crippen LogP contribution in [0.2, 0.25) is 0 Å². The van der Waals surface area contributed by atoms with Gasteiger partial charge in [-0.1, -0.05) is 23.1 Å². The highest BCUT2D eigenvalue weighted by Gasteiger charge is 2.22. The van der Waals surface area contributed by atoms with Gasteiger partial charge in [0.15, 0.2) is 4.34 Å². The Hall–Kier alpha value is -1.54. The van der Waals surface area contributed by atoms with E-state index in [1.807, 2.05) is 6.07 Å². The van der Waals surface area contributed by atoms with Gasteiger partial charge in [-0.15, -0.1) is 10.2 Å². The van der Waals surface area contributed by atoms with E-state index in [0.717, 1.165) is 15.2 Å². The predicted molar refractivity (Wildman–Crippen MR) is 77.8 cm³/mol. The molecule has 20 heavy (non-hydrogen) atoms. The average Bonchev–Trinajstić information content (AvgIpc) is 2.93. The fraction of sp³-hybridized carbons (Fsp3) is 0.417. The molecule has 3 rings (SSSR count). The number of furan rings is 1. The number of aromatic nitrogens is 2. The first-order chi connectivity index (χ1) is 9.79. The Morgan fingerprint density at radius 1 is 1.50 bits per heavy atom. The number of hydrogen-bond donors (Lipinski definition) is 2. The van der Waals surface area contributed by atoms with Crippen LogP contribution in [0.4, 0.5) is 5.13 Å². The molecule has 1 aliphatic carbocycles. The van der Waals surface area contributed by atoms with Gasteiger partial charge in [0.1, 0.15) is 5.76 Å². The molecule has 2 N–H and O–H groups in total. The minimum absolute atomic E-state index is 0.0432. The van der Waals surface area contributed by atoms with Crippen molar-refractivity contribution in [3.05, 3.63) is 24.2 Å². The van der Waals surface area contributed by atoms with Gasteiger partial charge < -0.3 is 15.1 Å². The highest BCUT2D eigenvalue weighted by molar-refractivity contribution is 8.01. The summed E-state index contributed by atoms with van der Waals surface area (Å²) in [5.74, 6) is 1.03.